The first-order valence-corrected chi connectivity index (χ1v) is 7.26. The van der Waals surface area contributed by atoms with E-state index in [0.29, 0.717) is 22.8 Å². The Morgan fingerprint density at radius 3 is 2.88 bits per heavy atom. The summed E-state index contributed by atoms with van der Waals surface area (Å²) in [6.45, 7) is 0.1000. The zero-order valence-corrected chi connectivity index (χ0v) is 12.9. The molecule has 2 aromatic carbocycles. The van der Waals surface area contributed by atoms with Gasteiger partial charge in [-0.05, 0) is 24.3 Å². The molecule has 124 valence electrons. The predicted molar refractivity (Wildman–Crippen MR) is 86.7 cm³/mol. The number of aromatic hydroxyl groups is 1. The van der Waals surface area contributed by atoms with Crippen molar-refractivity contribution in [1.29, 1.82) is 0 Å². The fourth-order valence-electron chi connectivity index (χ4n) is 2.19. The number of nitrogens with zero attached hydrogens (tertiary/aromatic N) is 1. The number of carbonyl (C=O) groups is 1. The zero-order valence-electron chi connectivity index (χ0n) is 12.9. The Kier molecular flexibility index (Phi) is 4.51. The summed E-state index contributed by atoms with van der Waals surface area (Å²) >= 11 is 0. The van der Waals surface area contributed by atoms with Gasteiger partial charge in [0.25, 0.3) is 5.91 Å². The van der Waals surface area contributed by atoms with Gasteiger partial charge in [-0.2, -0.15) is 5.10 Å². The maximum absolute atomic E-state index is 12.1. The summed E-state index contributed by atoms with van der Waals surface area (Å²) in [5.41, 5.74) is 2.79. The molecule has 0 fully saturated rings. The van der Waals surface area contributed by atoms with Crippen molar-refractivity contribution < 1.29 is 24.1 Å². The summed E-state index contributed by atoms with van der Waals surface area (Å²) in [7, 11) is 1.45. The fraction of sp³-hybridized carbons (Fsp3) is 0.176. The van der Waals surface area contributed by atoms with Crippen LogP contribution in [0.3, 0.4) is 0 Å². The Bertz CT molecular complexity index is 775. The third-order valence-electron chi connectivity index (χ3n) is 3.43. The van der Waals surface area contributed by atoms with Crippen molar-refractivity contribution >= 4 is 12.1 Å². The van der Waals surface area contributed by atoms with E-state index < -0.39 is 12.0 Å². The van der Waals surface area contributed by atoms with Crippen molar-refractivity contribution in [3.8, 4) is 23.0 Å². The SMILES string of the molecule is COc1cccc(/C=N/NC(=O)C2COc3ccccc3O2)c1O. The average Bonchev–Trinajstić information content (AvgIpc) is 2.62. The Balaban J connectivity index is 1.62. The number of ether oxygens (including phenoxy) is 3. The summed E-state index contributed by atoms with van der Waals surface area (Å²) in [4.78, 5) is 12.1. The summed E-state index contributed by atoms with van der Waals surface area (Å²) in [6, 6.07) is 12.1. The number of phenols is 1. The smallest absolute Gasteiger partial charge is 0.284 e. The highest BCUT2D eigenvalue weighted by Crippen LogP contribution is 2.31. The summed E-state index contributed by atoms with van der Waals surface area (Å²) in [5, 5.41) is 13.8. The molecule has 0 aliphatic carbocycles. The molecular weight excluding hydrogens is 312 g/mol. The molecule has 2 aromatic rings. The highest BCUT2D eigenvalue weighted by atomic mass is 16.6. The molecule has 3 rings (SSSR count). The molecule has 1 aliphatic heterocycles. The van der Waals surface area contributed by atoms with Crippen molar-refractivity contribution in [2.24, 2.45) is 5.10 Å². The summed E-state index contributed by atoms with van der Waals surface area (Å²) < 4.78 is 16.1. The van der Waals surface area contributed by atoms with Gasteiger partial charge in [0, 0.05) is 5.56 Å². The maximum atomic E-state index is 12.1. The second-order valence-corrected chi connectivity index (χ2v) is 5.00. The molecule has 1 unspecified atom stereocenters. The second-order valence-electron chi connectivity index (χ2n) is 5.00. The van der Waals surface area contributed by atoms with Gasteiger partial charge < -0.3 is 19.3 Å². The van der Waals surface area contributed by atoms with E-state index in [4.69, 9.17) is 14.2 Å². The minimum absolute atomic E-state index is 0.0517. The Labute approximate surface area is 138 Å². The number of nitrogens with one attached hydrogen (secondary N) is 1. The van der Waals surface area contributed by atoms with E-state index in [0.717, 1.165) is 0 Å². The van der Waals surface area contributed by atoms with Gasteiger partial charge in [-0.25, -0.2) is 5.43 Å². The monoisotopic (exact) mass is 328 g/mol. The Morgan fingerprint density at radius 2 is 2.08 bits per heavy atom. The molecule has 0 saturated heterocycles. The predicted octanol–water partition coefficient (Wildman–Crippen LogP) is 1.69. The molecule has 1 atom stereocenters. The van der Waals surface area contributed by atoms with Gasteiger partial charge in [0.05, 0.1) is 13.3 Å². The third kappa shape index (κ3) is 3.24. The molecule has 0 saturated carbocycles. The van der Waals surface area contributed by atoms with Crippen LogP contribution in [-0.4, -0.2) is 37.0 Å². The molecule has 0 spiro atoms. The summed E-state index contributed by atoms with van der Waals surface area (Å²) in [5.74, 6) is 0.947. The number of para-hydroxylation sites is 3. The molecule has 0 aromatic heterocycles. The molecule has 1 heterocycles. The number of hydrazone groups is 1. The minimum Gasteiger partial charge on any atom is -0.504 e. The standard InChI is InChI=1S/C17H16N2O5/c1-22-14-8-4-5-11(16(14)20)9-18-19-17(21)15-10-23-12-6-2-3-7-13(12)24-15/h2-9,15,20H,10H2,1H3,(H,19,21)/b18-9+. The maximum Gasteiger partial charge on any atom is 0.284 e. The number of phenolic OH excluding ortho intramolecular Hbond substituents is 1. The van der Waals surface area contributed by atoms with Gasteiger partial charge in [-0.15, -0.1) is 0 Å². The highest BCUT2D eigenvalue weighted by molar-refractivity contribution is 5.87. The first-order valence-electron chi connectivity index (χ1n) is 7.26. The highest BCUT2D eigenvalue weighted by Gasteiger charge is 2.26. The van der Waals surface area contributed by atoms with Gasteiger partial charge >= 0.3 is 0 Å². The van der Waals surface area contributed by atoms with E-state index in [1.54, 1.807) is 36.4 Å². The van der Waals surface area contributed by atoms with Gasteiger partial charge in [0.2, 0.25) is 6.10 Å². The normalized spacial score (nSPS) is 16.0. The third-order valence-corrected chi connectivity index (χ3v) is 3.43. The van der Waals surface area contributed by atoms with Gasteiger partial charge in [0.15, 0.2) is 23.0 Å². The van der Waals surface area contributed by atoms with Gasteiger partial charge in [0.1, 0.15) is 6.61 Å². The molecule has 0 bridgehead atoms. The lowest BCUT2D eigenvalue weighted by molar-refractivity contribution is -0.130. The van der Waals surface area contributed by atoms with Crippen LogP contribution in [0.2, 0.25) is 0 Å². The molecule has 0 radical (unpaired) electrons. The number of hydrogen-bond acceptors (Lipinski definition) is 6. The number of methoxy groups -OCH3 is 1. The number of rotatable bonds is 4. The quantitative estimate of drug-likeness (QED) is 0.658. The van der Waals surface area contributed by atoms with Crippen molar-refractivity contribution in [2.45, 2.75) is 6.10 Å². The van der Waals surface area contributed by atoms with E-state index in [1.165, 1.54) is 13.3 Å². The van der Waals surface area contributed by atoms with Crippen LogP contribution in [0.4, 0.5) is 0 Å². The number of benzene rings is 2. The molecule has 1 amide bonds. The largest absolute Gasteiger partial charge is 0.504 e. The molecule has 24 heavy (non-hydrogen) atoms. The van der Waals surface area contributed by atoms with Crippen LogP contribution in [0.5, 0.6) is 23.0 Å². The van der Waals surface area contributed by atoms with Crippen molar-refractivity contribution in [2.75, 3.05) is 13.7 Å². The van der Waals surface area contributed by atoms with Crippen molar-refractivity contribution in [1.82, 2.24) is 5.43 Å². The van der Waals surface area contributed by atoms with Crippen LogP contribution in [0, 0.1) is 0 Å². The van der Waals surface area contributed by atoms with Crippen LogP contribution in [0.1, 0.15) is 5.56 Å². The van der Waals surface area contributed by atoms with Crippen molar-refractivity contribution in [3.05, 3.63) is 48.0 Å². The summed E-state index contributed by atoms with van der Waals surface area (Å²) in [6.07, 6.45) is 0.531. The van der Waals surface area contributed by atoms with E-state index in [1.807, 2.05) is 6.07 Å². The van der Waals surface area contributed by atoms with Crippen molar-refractivity contribution in [3.63, 3.8) is 0 Å². The van der Waals surface area contributed by atoms with E-state index in [-0.39, 0.29) is 12.4 Å². The van der Waals surface area contributed by atoms with E-state index in [2.05, 4.69) is 10.5 Å². The number of carbonyl (C=O) groups excluding carboxylic acids is 1. The Hall–Kier alpha value is -3.22. The molecule has 7 nitrogen and oxygen atoms in total. The average molecular weight is 328 g/mol. The number of amides is 1. The van der Waals surface area contributed by atoms with Gasteiger partial charge in [-0.3, -0.25) is 4.79 Å². The minimum atomic E-state index is -0.795. The molecular formula is C17H16N2O5. The van der Waals surface area contributed by atoms with Crippen LogP contribution < -0.4 is 19.6 Å². The fourth-order valence-corrected chi connectivity index (χ4v) is 2.19. The molecule has 1 aliphatic rings. The van der Waals surface area contributed by atoms with Crippen LogP contribution in [0.25, 0.3) is 0 Å². The van der Waals surface area contributed by atoms with E-state index >= 15 is 0 Å². The molecule has 2 N–H and O–H groups in total. The first-order chi connectivity index (χ1) is 11.7. The van der Waals surface area contributed by atoms with Crippen LogP contribution >= 0.6 is 0 Å². The first kappa shape index (κ1) is 15.7. The number of fused-ring (bicyclic) bond motifs is 1. The molecule has 7 heteroatoms. The zero-order chi connectivity index (χ0) is 16.9. The van der Waals surface area contributed by atoms with Crippen LogP contribution in [-0.2, 0) is 4.79 Å². The lowest BCUT2D eigenvalue weighted by atomic mass is 10.2. The lowest BCUT2D eigenvalue weighted by Crippen LogP contribution is -2.42. The topological polar surface area (TPSA) is 89.4 Å². The van der Waals surface area contributed by atoms with Crippen LogP contribution in [0.15, 0.2) is 47.6 Å². The van der Waals surface area contributed by atoms with Gasteiger partial charge in [-0.1, -0.05) is 18.2 Å². The van der Waals surface area contributed by atoms with E-state index in [9.17, 15) is 9.90 Å². The Morgan fingerprint density at radius 1 is 1.29 bits per heavy atom. The lowest BCUT2D eigenvalue weighted by Gasteiger charge is -2.24. The number of hydrogen-bond donors (Lipinski definition) is 2. The second kappa shape index (κ2) is 6.91.